The van der Waals surface area contributed by atoms with Gasteiger partial charge in [0.2, 0.25) is 0 Å². The van der Waals surface area contributed by atoms with Crippen LogP contribution in [0.3, 0.4) is 0 Å². The molecule has 0 aromatic heterocycles. The second-order valence-corrected chi connectivity index (χ2v) is 2.10. The largest absolute Gasteiger partial charge is 0.374 e. The molecule has 40 valence electrons. The van der Waals surface area contributed by atoms with Crippen LogP contribution in [-0.2, 0) is 0 Å². The van der Waals surface area contributed by atoms with E-state index in [1.54, 1.807) is 6.21 Å². The fourth-order valence-electron chi connectivity index (χ4n) is 0.354. The molecule has 1 heterocycles. The number of aliphatic hydroxyl groups excluding tert-OH is 1. The molecule has 3 nitrogen and oxygen atoms in total. The average Bonchev–Trinajstić information content (AvgIpc) is 2.14. The van der Waals surface area contributed by atoms with Crippen molar-refractivity contribution in [1.82, 2.24) is 4.41 Å². The maximum absolute atomic E-state index is 8.36. The summed E-state index contributed by atoms with van der Waals surface area (Å²) in [5, 5.41) is 12.1. The Morgan fingerprint density at radius 1 is 2.00 bits per heavy atom. The van der Waals surface area contributed by atoms with Crippen molar-refractivity contribution in [2.75, 3.05) is 12.5 Å². The molecule has 0 fully saturated rings. The lowest BCUT2D eigenvalue weighted by Gasteiger charge is -2.04. The third-order valence-electron chi connectivity index (χ3n) is 0.630. The summed E-state index contributed by atoms with van der Waals surface area (Å²) in [6, 6.07) is 0. The van der Waals surface area contributed by atoms with Gasteiger partial charge in [-0.25, -0.2) is 4.41 Å². The number of hydrogen-bond acceptors (Lipinski definition) is 4. The van der Waals surface area contributed by atoms with E-state index in [0.717, 1.165) is 5.75 Å². The summed E-state index contributed by atoms with van der Waals surface area (Å²) < 4.78 is 1.53. The number of nitrogens with zero attached hydrogens (tertiary/aromatic N) is 2. The first kappa shape index (κ1) is 4.93. The molecule has 0 unspecified atom stereocenters. The molecule has 7 heavy (non-hydrogen) atoms. The Morgan fingerprint density at radius 3 is 3.14 bits per heavy atom. The van der Waals surface area contributed by atoms with Crippen molar-refractivity contribution in [3.8, 4) is 0 Å². The number of rotatable bonds is 1. The highest BCUT2D eigenvalue weighted by atomic mass is 32.2. The normalized spacial score (nSPS) is 18.7. The first-order chi connectivity index (χ1) is 3.43. The van der Waals surface area contributed by atoms with Gasteiger partial charge in [-0.1, -0.05) is 0 Å². The van der Waals surface area contributed by atoms with Crippen LogP contribution in [0.15, 0.2) is 5.10 Å². The molecule has 0 saturated carbocycles. The smallest absolute Gasteiger partial charge is 0.143 e. The van der Waals surface area contributed by atoms with E-state index in [2.05, 4.69) is 5.10 Å². The van der Waals surface area contributed by atoms with Crippen molar-refractivity contribution < 1.29 is 5.11 Å². The molecule has 0 aromatic carbocycles. The van der Waals surface area contributed by atoms with Gasteiger partial charge in [0.25, 0.3) is 0 Å². The summed E-state index contributed by atoms with van der Waals surface area (Å²) in [5.41, 5.74) is 0. The molecule has 0 spiro atoms. The van der Waals surface area contributed by atoms with Crippen molar-refractivity contribution in [3.05, 3.63) is 0 Å². The molecular formula is C3H6N2OS. The fraction of sp³-hybridized carbons (Fsp3) is 0.667. The SMILES string of the molecule is OCN1N=CCS1. The van der Waals surface area contributed by atoms with Gasteiger partial charge < -0.3 is 5.11 Å². The monoisotopic (exact) mass is 118 g/mol. The topological polar surface area (TPSA) is 35.8 Å². The first-order valence-electron chi connectivity index (χ1n) is 1.97. The van der Waals surface area contributed by atoms with Crippen molar-refractivity contribution in [3.63, 3.8) is 0 Å². The first-order valence-corrected chi connectivity index (χ1v) is 2.91. The molecule has 0 aliphatic carbocycles. The zero-order valence-corrected chi connectivity index (χ0v) is 4.56. The van der Waals surface area contributed by atoms with Gasteiger partial charge in [0.1, 0.15) is 6.73 Å². The zero-order valence-electron chi connectivity index (χ0n) is 3.74. The van der Waals surface area contributed by atoms with E-state index in [-0.39, 0.29) is 6.73 Å². The van der Waals surface area contributed by atoms with Crippen LogP contribution in [0, 0.1) is 0 Å². The van der Waals surface area contributed by atoms with Gasteiger partial charge in [0.15, 0.2) is 0 Å². The molecule has 0 radical (unpaired) electrons. The highest BCUT2D eigenvalue weighted by molar-refractivity contribution is 7.97. The van der Waals surface area contributed by atoms with Gasteiger partial charge in [-0.2, -0.15) is 5.10 Å². The summed E-state index contributed by atoms with van der Waals surface area (Å²) in [4.78, 5) is 0. The van der Waals surface area contributed by atoms with Gasteiger partial charge in [-0.3, -0.25) is 0 Å². The molecule has 4 heteroatoms. The quantitative estimate of drug-likeness (QED) is 0.488. The van der Waals surface area contributed by atoms with Crippen molar-refractivity contribution >= 4 is 18.2 Å². The van der Waals surface area contributed by atoms with Crippen LogP contribution in [0.5, 0.6) is 0 Å². The van der Waals surface area contributed by atoms with E-state index in [4.69, 9.17) is 5.11 Å². The van der Waals surface area contributed by atoms with E-state index >= 15 is 0 Å². The van der Waals surface area contributed by atoms with Crippen LogP contribution in [-0.4, -0.2) is 28.2 Å². The van der Waals surface area contributed by atoms with Gasteiger partial charge in [-0.15, -0.1) is 0 Å². The molecular weight excluding hydrogens is 112 g/mol. The third-order valence-corrected chi connectivity index (χ3v) is 1.44. The second kappa shape index (κ2) is 2.18. The Morgan fingerprint density at radius 2 is 2.86 bits per heavy atom. The molecule has 1 aliphatic heterocycles. The van der Waals surface area contributed by atoms with Gasteiger partial charge in [0.05, 0.1) is 5.75 Å². The number of hydrazone groups is 1. The van der Waals surface area contributed by atoms with Crippen LogP contribution in [0.1, 0.15) is 0 Å². The molecule has 1 rings (SSSR count). The predicted octanol–water partition coefficient (Wildman–Crippen LogP) is -0.114. The van der Waals surface area contributed by atoms with Crippen LogP contribution in [0.25, 0.3) is 0 Å². The van der Waals surface area contributed by atoms with Crippen LogP contribution in [0.2, 0.25) is 0 Å². The summed E-state index contributed by atoms with van der Waals surface area (Å²) in [5.74, 6) is 0.889. The van der Waals surface area contributed by atoms with Crippen LogP contribution >= 0.6 is 11.9 Å². The summed E-state index contributed by atoms with van der Waals surface area (Å²) >= 11 is 1.50. The summed E-state index contributed by atoms with van der Waals surface area (Å²) in [6.45, 7) is 0.0150. The molecule has 0 bridgehead atoms. The third kappa shape index (κ3) is 1.07. The average molecular weight is 118 g/mol. The highest BCUT2D eigenvalue weighted by Gasteiger charge is 2.01. The molecule has 1 aliphatic rings. The van der Waals surface area contributed by atoms with E-state index in [9.17, 15) is 0 Å². The van der Waals surface area contributed by atoms with Gasteiger partial charge in [0, 0.05) is 6.21 Å². The maximum atomic E-state index is 8.36. The van der Waals surface area contributed by atoms with Crippen molar-refractivity contribution in [2.45, 2.75) is 0 Å². The Hall–Kier alpha value is -0.220. The maximum Gasteiger partial charge on any atom is 0.143 e. The minimum atomic E-state index is 0.0150. The Kier molecular flexibility index (Phi) is 1.54. The lowest BCUT2D eigenvalue weighted by atomic mass is 10.9. The minimum Gasteiger partial charge on any atom is -0.374 e. The second-order valence-electron chi connectivity index (χ2n) is 1.09. The molecule has 0 saturated heterocycles. The van der Waals surface area contributed by atoms with Gasteiger partial charge >= 0.3 is 0 Å². The van der Waals surface area contributed by atoms with Crippen molar-refractivity contribution in [2.24, 2.45) is 5.10 Å². The summed E-state index contributed by atoms with van der Waals surface area (Å²) in [7, 11) is 0. The number of hydrogen-bond donors (Lipinski definition) is 1. The van der Waals surface area contributed by atoms with E-state index in [1.165, 1.54) is 16.4 Å². The number of aliphatic hydroxyl groups is 1. The van der Waals surface area contributed by atoms with Crippen LogP contribution < -0.4 is 0 Å². The van der Waals surface area contributed by atoms with Gasteiger partial charge in [-0.05, 0) is 11.9 Å². The van der Waals surface area contributed by atoms with Crippen LogP contribution in [0.4, 0.5) is 0 Å². The lowest BCUT2D eigenvalue weighted by Crippen LogP contribution is -2.03. The summed E-state index contributed by atoms with van der Waals surface area (Å²) in [6.07, 6.45) is 1.76. The zero-order chi connectivity index (χ0) is 5.11. The van der Waals surface area contributed by atoms with E-state index < -0.39 is 0 Å². The minimum absolute atomic E-state index is 0.0150. The molecule has 1 N–H and O–H groups in total. The molecule has 0 aromatic rings. The Bertz CT molecular complexity index is 85.0. The fourth-order valence-corrected chi connectivity index (χ4v) is 0.875. The van der Waals surface area contributed by atoms with Crippen molar-refractivity contribution in [1.29, 1.82) is 0 Å². The molecule has 0 atom stereocenters. The predicted molar refractivity (Wildman–Crippen MR) is 29.9 cm³/mol. The molecule has 0 amide bonds. The highest BCUT2D eigenvalue weighted by Crippen LogP contribution is 2.11. The Balaban J connectivity index is 2.28. The van der Waals surface area contributed by atoms with E-state index in [1.807, 2.05) is 0 Å². The van der Waals surface area contributed by atoms with E-state index in [0.29, 0.717) is 0 Å². The lowest BCUT2D eigenvalue weighted by molar-refractivity contribution is 0.196. The standard InChI is InChI=1S/C3H6N2OS/c6-3-5-4-1-2-7-5/h1,6H,2-3H2. The Labute approximate surface area is 46.1 Å².